The number of nitrogens with zero attached hydrogens (tertiary/aromatic N) is 3. The molecule has 3 aromatic heterocycles. The van der Waals surface area contributed by atoms with Gasteiger partial charge in [-0.25, -0.2) is 19.3 Å². The Balaban J connectivity index is 1.57. The molecule has 0 radical (unpaired) electrons. The summed E-state index contributed by atoms with van der Waals surface area (Å²) < 4.78 is 13.5. The predicted molar refractivity (Wildman–Crippen MR) is 120 cm³/mol. The summed E-state index contributed by atoms with van der Waals surface area (Å²) in [6, 6.07) is 5.42. The highest BCUT2D eigenvalue weighted by atomic mass is 32.1. The maximum atomic E-state index is 13.5. The molecule has 3 aromatic rings. The molecule has 1 aliphatic carbocycles. The van der Waals surface area contributed by atoms with Crippen LogP contribution in [0.3, 0.4) is 0 Å². The average molecular weight is 457 g/mol. The third-order valence-electron chi connectivity index (χ3n) is 5.96. The molecule has 168 valence electrons. The summed E-state index contributed by atoms with van der Waals surface area (Å²) in [5.41, 5.74) is 1.03. The summed E-state index contributed by atoms with van der Waals surface area (Å²) in [7, 11) is 0. The Bertz CT molecular complexity index is 1170. The number of carboxylic acid groups (broad SMARTS) is 1. The van der Waals surface area contributed by atoms with Crippen molar-refractivity contribution in [2.45, 2.75) is 45.6 Å². The fraction of sp³-hybridized carbons (Fsp3) is 0.391. The molecule has 4 rings (SSSR count). The van der Waals surface area contributed by atoms with Crippen LogP contribution in [0.5, 0.6) is 0 Å². The number of carbonyl (C=O) groups is 1. The number of rotatable bonds is 5. The van der Waals surface area contributed by atoms with Crippen LogP contribution in [0.25, 0.3) is 10.6 Å². The first-order valence-corrected chi connectivity index (χ1v) is 11.3. The van der Waals surface area contributed by atoms with Crippen molar-refractivity contribution in [2.75, 3.05) is 5.32 Å². The number of aliphatic hydroxyl groups is 1. The largest absolute Gasteiger partial charge is 0.481 e. The van der Waals surface area contributed by atoms with Gasteiger partial charge in [0.15, 0.2) is 0 Å². The Morgan fingerprint density at radius 2 is 2.00 bits per heavy atom. The fourth-order valence-corrected chi connectivity index (χ4v) is 5.22. The van der Waals surface area contributed by atoms with E-state index in [4.69, 9.17) is 0 Å². The molecule has 3 heterocycles. The third kappa shape index (κ3) is 4.49. The van der Waals surface area contributed by atoms with Crippen LogP contribution >= 0.6 is 11.3 Å². The molecule has 1 saturated carbocycles. The van der Waals surface area contributed by atoms with Crippen molar-refractivity contribution in [1.82, 2.24) is 15.0 Å². The Hall–Kier alpha value is -2.91. The maximum Gasteiger partial charge on any atom is 0.306 e. The topological polar surface area (TPSA) is 108 Å². The van der Waals surface area contributed by atoms with Crippen LogP contribution < -0.4 is 5.32 Å². The quantitative estimate of drug-likeness (QED) is 0.506. The number of aromatic nitrogens is 3. The Kier molecular flexibility index (Phi) is 5.96. The van der Waals surface area contributed by atoms with Gasteiger partial charge in [-0.1, -0.05) is 6.92 Å². The number of aryl methyl sites for hydroxylation is 2. The second-order valence-electron chi connectivity index (χ2n) is 8.58. The second-order valence-corrected chi connectivity index (χ2v) is 9.62. The van der Waals surface area contributed by atoms with Gasteiger partial charge in [0.25, 0.3) is 0 Å². The molecule has 1 fully saturated rings. The molecule has 0 aliphatic heterocycles. The summed E-state index contributed by atoms with van der Waals surface area (Å²) in [4.78, 5) is 25.4. The zero-order chi connectivity index (χ0) is 23.0. The minimum atomic E-state index is -1.13. The van der Waals surface area contributed by atoms with E-state index in [0.717, 1.165) is 10.4 Å². The van der Waals surface area contributed by atoms with Crippen molar-refractivity contribution in [2.24, 2.45) is 11.8 Å². The zero-order valence-corrected chi connectivity index (χ0v) is 18.9. The summed E-state index contributed by atoms with van der Waals surface area (Å²) in [6.45, 7) is 5.48. The molecule has 0 bridgehead atoms. The second kappa shape index (κ2) is 8.55. The van der Waals surface area contributed by atoms with Crippen molar-refractivity contribution in [3.8, 4) is 10.6 Å². The lowest BCUT2D eigenvalue weighted by Crippen LogP contribution is -2.38. The lowest BCUT2D eigenvalue weighted by atomic mass is 9.72. The summed E-state index contributed by atoms with van der Waals surface area (Å²) >= 11 is 1.37. The molecule has 0 unspecified atom stereocenters. The number of thiazole rings is 1. The molecule has 0 amide bonds. The zero-order valence-electron chi connectivity index (χ0n) is 18.1. The minimum Gasteiger partial charge on any atom is -0.481 e. The first-order valence-electron chi connectivity index (χ1n) is 10.4. The van der Waals surface area contributed by atoms with E-state index in [1.54, 1.807) is 19.2 Å². The normalized spacial score (nSPS) is 23.2. The van der Waals surface area contributed by atoms with Gasteiger partial charge in [0.1, 0.15) is 28.1 Å². The van der Waals surface area contributed by atoms with Crippen LogP contribution in [-0.2, 0) is 10.4 Å². The molecule has 0 aromatic carbocycles. The van der Waals surface area contributed by atoms with Gasteiger partial charge in [-0.15, -0.1) is 11.3 Å². The molecule has 1 aliphatic rings. The lowest BCUT2D eigenvalue weighted by molar-refractivity contribution is -0.148. The van der Waals surface area contributed by atoms with Gasteiger partial charge in [-0.2, -0.15) is 0 Å². The van der Waals surface area contributed by atoms with Crippen molar-refractivity contribution >= 4 is 28.9 Å². The van der Waals surface area contributed by atoms with Crippen molar-refractivity contribution in [1.29, 1.82) is 0 Å². The number of hydrogen-bond donors (Lipinski definition) is 3. The van der Waals surface area contributed by atoms with Gasteiger partial charge in [0.2, 0.25) is 0 Å². The van der Waals surface area contributed by atoms with Gasteiger partial charge in [-0.05, 0) is 68.4 Å². The molecule has 0 saturated heterocycles. The van der Waals surface area contributed by atoms with Gasteiger partial charge in [-0.3, -0.25) is 4.79 Å². The number of carboxylic acids is 1. The first-order chi connectivity index (χ1) is 15.1. The monoisotopic (exact) mass is 456 g/mol. The van der Waals surface area contributed by atoms with Crippen molar-refractivity contribution in [3.05, 3.63) is 52.5 Å². The van der Waals surface area contributed by atoms with Crippen LogP contribution in [0.1, 0.15) is 42.3 Å². The number of nitrogens with one attached hydrogen (secondary N) is 1. The van der Waals surface area contributed by atoms with Crippen LogP contribution in [0.4, 0.5) is 16.0 Å². The van der Waals surface area contributed by atoms with Gasteiger partial charge in [0, 0.05) is 6.20 Å². The van der Waals surface area contributed by atoms with E-state index in [9.17, 15) is 19.4 Å². The number of pyridine rings is 2. The molecular weight excluding hydrogens is 431 g/mol. The fourth-order valence-electron chi connectivity index (χ4n) is 4.22. The third-order valence-corrected chi connectivity index (χ3v) is 7.17. The number of aliphatic carboxylic acids is 1. The first kappa shape index (κ1) is 22.3. The summed E-state index contributed by atoms with van der Waals surface area (Å²) in [5, 5.41) is 24.3. The lowest BCUT2D eigenvalue weighted by Gasteiger charge is -2.37. The SMILES string of the molecule is Cc1cc(Nc2cc(C)c(F)cn2)nc(-c2cnc([C@]3(O)CC[C@H](C(=O)O)[C@H](C)C3)s2)c1. The van der Waals surface area contributed by atoms with E-state index in [-0.39, 0.29) is 11.7 Å². The van der Waals surface area contributed by atoms with Gasteiger partial charge < -0.3 is 15.5 Å². The predicted octanol–water partition coefficient (Wildman–Crippen LogP) is 4.81. The summed E-state index contributed by atoms with van der Waals surface area (Å²) in [6.07, 6.45) is 4.01. The molecule has 32 heavy (non-hydrogen) atoms. The van der Waals surface area contributed by atoms with E-state index in [0.29, 0.717) is 47.2 Å². The van der Waals surface area contributed by atoms with E-state index >= 15 is 0 Å². The Morgan fingerprint density at radius 1 is 1.22 bits per heavy atom. The maximum absolute atomic E-state index is 13.5. The smallest absolute Gasteiger partial charge is 0.306 e. The molecule has 7 nitrogen and oxygen atoms in total. The van der Waals surface area contributed by atoms with E-state index in [1.165, 1.54) is 17.5 Å². The van der Waals surface area contributed by atoms with E-state index < -0.39 is 17.5 Å². The van der Waals surface area contributed by atoms with Crippen molar-refractivity contribution in [3.63, 3.8) is 0 Å². The highest BCUT2D eigenvalue weighted by Crippen LogP contribution is 2.45. The standard InChI is InChI=1S/C23H25FN4O3S/c1-12-6-17(27-20(7-12)28-19-8-13(2)16(24)10-25-19)18-11-26-22(32-18)23(31)5-4-15(21(29)30)14(3)9-23/h6-8,10-11,14-15,31H,4-5,9H2,1-3H3,(H,29,30)(H,25,27,28)/t14-,15+,23+/m1/s1. The van der Waals surface area contributed by atoms with Crippen LogP contribution in [0, 0.1) is 31.5 Å². The van der Waals surface area contributed by atoms with Crippen molar-refractivity contribution < 1.29 is 19.4 Å². The van der Waals surface area contributed by atoms with Gasteiger partial charge >= 0.3 is 5.97 Å². The average Bonchev–Trinajstić information content (AvgIpc) is 3.21. The molecule has 3 N–H and O–H groups in total. The Labute approximate surface area is 189 Å². The van der Waals surface area contributed by atoms with E-state index in [2.05, 4.69) is 20.3 Å². The molecular formula is C23H25FN4O3S. The Morgan fingerprint density at radius 3 is 2.69 bits per heavy atom. The van der Waals surface area contributed by atoms with E-state index in [1.807, 2.05) is 26.0 Å². The molecule has 0 spiro atoms. The summed E-state index contributed by atoms with van der Waals surface area (Å²) in [5.74, 6) is -0.688. The van der Waals surface area contributed by atoms with Crippen LogP contribution in [0.2, 0.25) is 0 Å². The van der Waals surface area contributed by atoms with Crippen LogP contribution in [-0.4, -0.2) is 31.1 Å². The minimum absolute atomic E-state index is 0.141. The number of hydrogen-bond acceptors (Lipinski definition) is 7. The highest BCUT2D eigenvalue weighted by Gasteiger charge is 2.43. The molecule has 9 heteroatoms. The number of halogens is 1. The molecule has 3 atom stereocenters. The number of anilines is 2. The van der Waals surface area contributed by atoms with Gasteiger partial charge in [0.05, 0.1) is 22.7 Å². The highest BCUT2D eigenvalue weighted by molar-refractivity contribution is 7.15. The van der Waals surface area contributed by atoms with Crippen LogP contribution in [0.15, 0.2) is 30.6 Å².